The number of nitrogens with zero attached hydrogens (tertiary/aromatic N) is 4. The van der Waals surface area contributed by atoms with Crippen molar-refractivity contribution in [1.29, 1.82) is 0 Å². The monoisotopic (exact) mass is 421 g/mol. The van der Waals surface area contributed by atoms with E-state index in [0.29, 0.717) is 39.7 Å². The lowest BCUT2D eigenvalue weighted by Crippen LogP contribution is -2.33. The van der Waals surface area contributed by atoms with Crippen LogP contribution in [-0.4, -0.2) is 66.6 Å². The fourth-order valence-corrected chi connectivity index (χ4v) is 3.55. The maximum Gasteiger partial charge on any atom is 0.181 e. The summed E-state index contributed by atoms with van der Waals surface area (Å²) in [6.07, 6.45) is -3.33. The van der Waals surface area contributed by atoms with Gasteiger partial charge >= 0.3 is 0 Å². The number of rotatable bonds is 5. The SMILES string of the molecule is CCOc1cc(-c2nn([C@@H]3O[C@H](CO)[C@@H](O)[C@H]3O)c3ncnc(N)c23)ccc1Cl. The van der Waals surface area contributed by atoms with Gasteiger partial charge in [-0.2, -0.15) is 5.10 Å². The number of ether oxygens (including phenoxy) is 2. The standard InChI is InChI=1S/C18H20ClN5O5/c1-2-28-10-5-8(3-4-9(10)19)13-12-16(20)21-7-22-17(12)24(23-13)18-15(27)14(26)11(6-25)29-18/h3-5,7,11,14-15,18,25-27H,2,6H2,1H3,(H2,20,21,22)/t11-,14-,15-,18-/m1/s1. The highest BCUT2D eigenvalue weighted by Gasteiger charge is 2.44. The molecule has 0 spiro atoms. The largest absolute Gasteiger partial charge is 0.492 e. The van der Waals surface area contributed by atoms with E-state index in [1.54, 1.807) is 18.2 Å². The van der Waals surface area contributed by atoms with E-state index in [-0.39, 0.29) is 5.82 Å². The highest BCUT2D eigenvalue weighted by Crippen LogP contribution is 2.38. The topological polar surface area (TPSA) is 149 Å². The summed E-state index contributed by atoms with van der Waals surface area (Å²) in [5, 5.41) is 35.3. The highest BCUT2D eigenvalue weighted by molar-refractivity contribution is 6.32. The number of nitrogen functional groups attached to an aromatic ring is 1. The third-order valence-electron chi connectivity index (χ3n) is 4.78. The van der Waals surface area contributed by atoms with Crippen molar-refractivity contribution in [3.05, 3.63) is 29.5 Å². The number of benzene rings is 1. The van der Waals surface area contributed by atoms with Crippen molar-refractivity contribution in [3.63, 3.8) is 0 Å². The molecule has 154 valence electrons. The number of fused-ring (bicyclic) bond motifs is 1. The molecule has 3 aromatic rings. The van der Waals surface area contributed by atoms with Crippen molar-refractivity contribution in [3.8, 4) is 17.0 Å². The van der Waals surface area contributed by atoms with Crippen LogP contribution in [0.15, 0.2) is 24.5 Å². The van der Waals surface area contributed by atoms with Crippen LogP contribution in [0.4, 0.5) is 5.82 Å². The molecule has 10 nitrogen and oxygen atoms in total. The number of hydrogen-bond donors (Lipinski definition) is 4. The Morgan fingerprint density at radius 2 is 2.07 bits per heavy atom. The van der Waals surface area contributed by atoms with Crippen LogP contribution in [0.25, 0.3) is 22.3 Å². The van der Waals surface area contributed by atoms with Crippen LogP contribution in [0.2, 0.25) is 5.02 Å². The Kier molecular flexibility index (Phi) is 5.28. The Morgan fingerprint density at radius 3 is 2.76 bits per heavy atom. The van der Waals surface area contributed by atoms with Gasteiger partial charge in [0.25, 0.3) is 0 Å². The molecule has 4 rings (SSSR count). The first kappa shape index (κ1) is 19.8. The third kappa shape index (κ3) is 3.28. The average Bonchev–Trinajstić information content (AvgIpc) is 3.23. The molecule has 0 bridgehead atoms. The van der Waals surface area contributed by atoms with Crippen LogP contribution < -0.4 is 10.5 Å². The minimum absolute atomic E-state index is 0.191. The van der Waals surface area contributed by atoms with Gasteiger partial charge in [0, 0.05) is 5.56 Å². The van der Waals surface area contributed by atoms with Crippen molar-refractivity contribution in [2.24, 2.45) is 0 Å². The van der Waals surface area contributed by atoms with Gasteiger partial charge in [-0.25, -0.2) is 14.6 Å². The lowest BCUT2D eigenvalue weighted by molar-refractivity contribution is -0.0565. The fraction of sp³-hybridized carbons (Fsp3) is 0.389. The summed E-state index contributed by atoms with van der Waals surface area (Å²) in [6.45, 7) is 1.83. The van der Waals surface area contributed by atoms with Crippen molar-refractivity contribution in [1.82, 2.24) is 19.7 Å². The van der Waals surface area contributed by atoms with Crippen molar-refractivity contribution >= 4 is 28.5 Å². The summed E-state index contributed by atoms with van der Waals surface area (Å²) in [4.78, 5) is 8.27. The number of nitrogens with two attached hydrogens (primary N) is 1. The van der Waals surface area contributed by atoms with Crippen molar-refractivity contribution in [2.45, 2.75) is 31.5 Å². The number of halogens is 1. The lowest BCUT2D eigenvalue weighted by atomic mass is 10.1. The maximum atomic E-state index is 10.4. The van der Waals surface area contributed by atoms with Gasteiger partial charge in [0.1, 0.15) is 41.9 Å². The summed E-state index contributed by atoms with van der Waals surface area (Å²) in [5.74, 6) is 0.675. The molecule has 1 aromatic carbocycles. The molecule has 0 saturated carbocycles. The molecule has 1 aliphatic rings. The Hall–Kier alpha value is -2.50. The number of aromatic nitrogens is 4. The minimum Gasteiger partial charge on any atom is -0.492 e. The first-order valence-corrected chi connectivity index (χ1v) is 9.37. The molecule has 11 heteroatoms. The normalized spacial score (nSPS) is 24.3. The molecule has 4 atom stereocenters. The molecule has 1 fully saturated rings. The van der Waals surface area contributed by atoms with E-state index in [1.807, 2.05) is 6.92 Å². The third-order valence-corrected chi connectivity index (χ3v) is 5.09. The second-order valence-corrected chi connectivity index (χ2v) is 6.96. The molecule has 0 amide bonds. The second kappa shape index (κ2) is 7.73. The molecule has 2 aromatic heterocycles. The van der Waals surface area contributed by atoms with Gasteiger partial charge in [0.2, 0.25) is 0 Å². The van der Waals surface area contributed by atoms with E-state index in [4.69, 9.17) is 26.8 Å². The Balaban J connectivity index is 1.88. The first-order chi connectivity index (χ1) is 14.0. The molecule has 1 saturated heterocycles. The predicted octanol–water partition coefficient (Wildman–Crippen LogP) is 0.739. The molecule has 3 heterocycles. The predicted molar refractivity (Wildman–Crippen MR) is 104 cm³/mol. The maximum absolute atomic E-state index is 10.4. The van der Waals surface area contributed by atoms with E-state index in [9.17, 15) is 15.3 Å². The van der Waals surface area contributed by atoms with Gasteiger partial charge < -0.3 is 30.5 Å². The van der Waals surface area contributed by atoms with Crippen LogP contribution in [0, 0.1) is 0 Å². The average molecular weight is 422 g/mol. The van der Waals surface area contributed by atoms with Gasteiger partial charge in [-0.3, -0.25) is 0 Å². The van der Waals surface area contributed by atoms with E-state index in [0.717, 1.165) is 0 Å². The number of anilines is 1. The lowest BCUT2D eigenvalue weighted by Gasteiger charge is -2.15. The highest BCUT2D eigenvalue weighted by atomic mass is 35.5. The quantitative estimate of drug-likeness (QED) is 0.467. The fourth-order valence-electron chi connectivity index (χ4n) is 3.37. The summed E-state index contributed by atoms with van der Waals surface area (Å²) in [5.41, 5.74) is 7.50. The Labute approximate surface area is 170 Å². The molecular weight excluding hydrogens is 402 g/mol. The van der Waals surface area contributed by atoms with E-state index in [1.165, 1.54) is 11.0 Å². The summed E-state index contributed by atoms with van der Waals surface area (Å²) in [7, 11) is 0. The molecule has 0 aliphatic carbocycles. The number of aliphatic hydroxyl groups is 3. The van der Waals surface area contributed by atoms with E-state index in [2.05, 4.69) is 15.1 Å². The zero-order chi connectivity index (χ0) is 20.7. The number of aliphatic hydroxyl groups excluding tert-OH is 3. The Morgan fingerprint density at radius 1 is 1.28 bits per heavy atom. The zero-order valence-corrected chi connectivity index (χ0v) is 16.2. The smallest absolute Gasteiger partial charge is 0.181 e. The summed E-state index contributed by atoms with van der Waals surface area (Å²) in [6, 6.07) is 5.15. The molecular formula is C18H20ClN5O5. The van der Waals surface area contributed by atoms with Crippen molar-refractivity contribution < 1.29 is 24.8 Å². The Bertz CT molecular complexity index is 1040. The summed E-state index contributed by atoms with van der Waals surface area (Å²) >= 11 is 6.18. The minimum atomic E-state index is -1.32. The number of hydrogen-bond acceptors (Lipinski definition) is 9. The van der Waals surface area contributed by atoms with Crippen molar-refractivity contribution in [2.75, 3.05) is 18.9 Å². The van der Waals surface area contributed by atoms with Gasteiger partial charge in [-0.1, -0.05) is 17.7 Å². The second-order valence-electron chi connectivity index (χ2n) is 6.56. The zero-order valence-electron chi connectivity index (χ0n) is 15.4. The van der Waals surface area contributed by atoms with E-state index >= 15 is 0 Å². The molecule has 29 heavy (non-hydrogen) atoms. The molecule has 5 N–H and O–H groups in total. The van der Waals surface area contributed by atoms with Gasteiger partial charge in [0.15, 0.2) is 11.9 Å². The van der Waals surface area contributed by atoms with Crippen LogP contribution in [-0.2, 0) is 4.74 Å². The van der Waals surface area contributed by atoms with Gasteiger partial charge in [0.05, 0.1) is 23.6 Å². The van der Waals surface area contributed by atoms with Crippen LogP contribution in [0.1, 0.15) is 13.2 Å². The van der Waals surface area contributed by atoms with E-state index < -0.39 is 31.1 Å². The first-order valence-electron chi connectivity index (χ1n) is 9.00. The molecule has 0 unspecified atom stereocenters. The van der Waals surface area contributed by atoms with Gasteiger partial charge in [-0.05, 0) is 19.1 Å². The summed E-state index contributed by atoms with van der Waals surface area (Å²) < 4.78 is 12.5. The van der Waals surface area contributed by atoms with Crippen LogP contribution >= 0.6 is 11.6 Å². The molecule has 1 aliphatic heterocycles. The van der Waals surface area contributed by atoms with Crippen LogP contribution in [0.5, 0.6) is 5.75 Å². The van der Waals surface area contributed by atoms with Gasteiger partial charge in [-0.15, -0.1) is 0 Å². The molecule has 0 radical (unpaired) electrons. The van der Waals surface area contributed by atoms with Crippen LogP contribution in [0.3, 0.4) is 0 Å².